The van der Waals surface area contributed by atoms with Gasteiger partial charge in [0.15, 0.2) is 0 Å². The van der Waals surface area contributed by atoms with E-state index in [1.165, 1.54) is 6.92 Å². The van der Waals surface area contributed by atoms with Crippen molar-refractivity contribution >= 4 is 17.5 Å². The number of hydrogen-bond acceptors (Lipinski definition) is 6. The van der Waals surface area contributed by atoms with Gasteiger partial charge in [-0.25, -0.2) is 0 Å². The third-order valence-corrected chi connectivity index (χ3v) is 3.54. The molecule has 8 heteroatoms. The molecule has 0 fully saturated rings. The molecule has 2 N–H and O–H groups in total. The second-order valence-corrected chi connectivity index (χ2v) is 5.54. The monoisotopic (exact) mass is 351 g/mol. The largest absolute Gasteiger partial charge is 0.347 e. The van der Waals surface area contributed by atoms with Crippen molar-refractivity contribution in [1.82, 2.24) is 20.4 Å². The highest BCUT2D eigenvalue weighted by Gasteiger charge is 2.12. The zero-order chi connectivity index (χ0) is 18.4. The van der Waals surface area contributed by atoms with Gasteiger partial charge in [-0.15, -0.1) is 0 Å². The number of carbonyl (C=O) groups excluding carboxylic acids is 2. The molecule has 0 saturated heterocycles. The molecule has 3 rings (SSSR count). The van der Waals surface area contributed by atoms with E-state index >= 15 is 0 Å². The Morgan fingerprint density at radius 2 is 1.88 bits per heavy atom. The quantitative estimate of drug-likeness (QED) is 0.701. The van der Waals surface area contributed by atoms with E-state index in [0.29, 0.717) is 23.8 Å². The maximum absolute atomic E-state index is 11.9. The number of nitrogens with zero attached hydrogens (tertiary/aromatic N) is 3. The van der Waals surface area contributed by atoms with Crippen LogP contribution in [-0.2, 0) is 16.0 Å². The summed E-state index contributed by atoms with van der Waals surface area (Å²) in [4.78, 5) is 31.2. The van der Waals surface area contributed by atoms with Gasteiger partial charge in [-0.2, -0.15) is 4.98 Å². The zero-order valence-corrected chi connectivity index (χ0v) is 14.1. The summed E-state index contributed by atoms with van der Waals surface area (Å²) in [6.45, 7) is 1.27. The highest BCUT2D eigenvalue weighted by Crippen LogP contribution is 2.20. The van der Waals surface area contributed by atoms with E-state index in [-0.39, 0.29) is 18.4 Å². The SMILES string of the molecule is CC(=O)NCC(=O)Nc1ccccc1Cc1nc(-c2ccncc2)no1. The third kappa shape index (κ3) is 4.50. The Balaban J connectivity index is 1.72. The maximum Gasteiger partial charge on any atom is 0.243 e. The molecule has 1 aromatic carbocycles. The molecular weight excluding hydrogens is 334 g/mol. The minimum atomic E-state index is -0.310. The number of aromatic nitrogens is 3. The van der Waals surface area contributed by atoms with Crippen molar-refractivity contribution in [3.8, 4) is 11.4 Å². The van der Waals surface area contributed by atoms with Gasteiger partial charge in [0.1, 0.15) is 0 Å². The summed E-state index contributed by atoms with van der Waals surface area (Å²) in [5.41, 5.74) is 2.27. The molecule has 0 saturated carbocycles. The second-order valence-electron chi connectivity index (χ2n) is 5.54. The van der Waals surface area contributed by atoms with Crippen molar-refractivity contribution in [3.63, 3.8) is 0 Å². The molecule has 0 unspecified atom stereocenters. The van der Waals surface area contributed by atoms with Gasteiger partial charge in [0.2, 0.25) is 23.5 Å². The van der Waals surface area contributed by atoms with E-state index in [1.807, 2.05) is 18.2 Å². The molecule has 8 nitrogen and oxygen atoms in total. The standard InChI is InChI=1S/C18H17N5O3/c1-12(24)20-11-16(25)21-15-5-3-2-4-14(15)10-17-22-18(23-26-17)13-6-8-19-9-7-13/h2-9H,10-11H2,1H3,(H,20,24)(H,21,25). The summed E-state index contributed by atoms with van der Waals surface area (Å²) >= 11 is 0. The molecule has 132 valence electrons. The van der Waals surface area contributed by atoms with Crippen molar-refractivity contribution in [2.45, 2.75) is 13.3 Å². The average molecular weight is 351 g/mol. The van der Waals surface area contributed by atoms with Crippen molar-refractivity contribution in [1.29, 1.82) is 0 Å². The van der Waals surface area contributed by atoms with Crippen LogP contribution in [0.15, 0.2) is 53.3 Å². The van der Waals surface area contributed by atoms with Crippen LogP contribution in [0.2, 0.25) is 0 Å². The fourth-order valence-corrected chi connectivity index (χ4v) is 2.30. The molecular formula is C18H17N5O3. The summed E-state index contributed by atoms with van der Waals surface area (Å²) in [5.74, 6) is 0.341. The first-order chi connectivity index (χ1) is 12.6. The van der Waals surface area contributed by atoms with Crippen molar-refractivity contribution in [2.75, 3.05) is 11.9 Å². The maximum atomic E-state index is 11.9. The number of para-hydroxylation sites is 1. The summed E-state index contributed by atoms with van der Waals surface area (Å²) in [6.07, 6.45) is 3.69. The number of carbonyl (C=O) groups is 2. The predicted molar refractivity (Wildman–Crippen MR) is 94.1 cm³/mol. The van der Waals surface area contributed by atoms with Gasteiger partial charge >= 0.3 is 0 Å². The molecule has 2 aromatic heterocycles. The lowest BCUT2D eigenvalue weighted by atomic mass is 10.1. The molecule has 0 aliphatic carbocycles. The smallest absolute Gasteiger partial charge is 0.243 e. The van der Waals surface area contributed by atoms with E-state index < -0.39 is 0 Å². The van der Waals surface area contributed by atoms with E-state index in [1.54, 1.807) is 30.6 Å². The van der Waals surface area contributed by atoms with Gasteiger partial charge in [-0.3, -0.25) is 14.6 Å². The van der Waals surface area contributed by atoms with Gasteiger partial charge in [-0.1, -0.05) is 23.4 Å². The molecule has 2 heterocycles. The number of hydrogen-bond donors (Lipinski definition) is 2. The van der Waals surface area contributed by atoms with Crippen molar-refractivity contribution in [3.05, 3.63) is 60.2 Å². The molecule has 0 radical (unpaired) electrons. The molecule has 0 aliphatic heterocycles. The van der Waals surface area contributed by atoms with Gasteiger partial charge in [0.25, 0.3) is 0 Å². The zero-order valence-electron chi connectivity index (χ0n) is 14.1. The Morgan fingerprint density at radius 1 is 1.12 bits per heavy atom. The Kier molecular flexibility index (Phi) is 5.33. The molecule has 3 aromatic rings. The van der Waals surface area contributed by atoms with Crippen LogP contribution in [0.5, 0.6) is 0 Å². The van der Waals surface area contributed by atoms with Crippen LogP contribution in [0.3, 0.4) is 0 Å². The lowest BCUT2D eigenvalue weighted by Gasteiger charge is -2.09. The second kappa shape index (κ2) is 8.02. The molecule has 0 bridgehead atoms. The Labute approximate surface area is 149 Å². The van der Waals surface area contributed by atoms with Gasteiger partial charge in [0, 0.05) is 30.6 Å². The Bertz CT molecular complexity index is 908. The normalized spacial score (nSPS) is 10.3. The van der Waals surface area contributed by atoms with E-state index in [0.717, 1.165) is 11.1 Å². The lowest BCUT2D eigenvalue weighted by molar-refractivity contribution is -0.122. The first-order valence-corrected chi connectivity index (χ1v) is 7.97. The summed E-state index contributed by atoms with van der Waals surface area (Å²) in [6, 6.07) is 10.9. The van der Waals surface area contributed by atoms with Crippen LogP contribution in [0.1, 0.15) is 18.4 Å². The van der Waals surface area contributed by atoms with Gasteiger partial charge in [-0.05, 0) is 23.8 Å². The highest BCUT2D eigenvalue weighted by molar-refractivity contribution is 5.94. The number of rotatable bonds is 6. The first kappa shape index (κ1) is 17.3. The van der Waals surface area contributed by atoms with Crippen LogP contribution in [0, 0.1) is 0 Å². The number of pyridine rings is 1. The van der Waals surface area contributed by atoms with Crippen molar-refractivity contribution < 1.29 is 14.1 Å². The Hall–Kier alpha value is -3.55. The number of nitrogens with one attached hydrogen (secondary N) is 2. The van der Waals surface area contributed by atoms with E-state index in [4.69, 9.17) is 4.52 Å². The van der Waals surface area contributed by atoms with Gasteiger partial charge in [0.05, 0.1) is 13.0 Å². The number of anilines is 1. The minimum absolute atomic E-state index is 0.0869. The average Bonchev–Trinajstić information content (AvgIpc) is 3.11. The van der Waals surface area contributed by atoms with Crippen LogP contribution in [0.4, 0.5) is 5.69 Å². The van der Waals surface area contributed by atoms with Crippen LogP contribution >= 0.6 is 0 Å². The molecule has 0 atom stereocenters. The minimum Gasteiger partial charge on any atom is -0.347 e. The third-order valence-electron chi connectivity index (χ3n) is 3.54. The fraction of sp³-hybridized carbons (Fsp3) is 0.167. The topological polar surface area (TPSA) is 110 Å². The van der Waals surface area contributed by atoms with Gasteiger partial charge < -0.3 is 15.2 Å². The van der Waals surface area contributed by atoms with E-state index in [2.05, 4.69) is 25.8 Å². The number of amides is 2. The summed E-state index contributed by atoms with van der Waals surface area (Å²) in [7, 11) is 0. The highest BCUT2D eigenvalue weighted by atomic mass is 16.5. The summed E-state index contributed by atoms with van der Waals surface area (Å²) < 4.78 is 5.31. The number of benzene rings is 1. The molecule has 0 spiro atoms. The first-order valence-electron chi connectivity index (χ1n) is 7.97. The van der Waals surface area contributed by atoms with Crippen LogP contribution < -0.4 is 10.6 Å². The van der Waals surface area contributed by atoms with E-state index in [9.17, 15) is 9.59 Å². The fourth-order valence-electron chi connectivity index (χ4n) is 2.30. The Morgan fingerprint density at radius 3 is 2.65 bits per heavy atom. The van der Waals surface area contributed by atoms with Crippen molar-refractivity contribution in [2.24, 2.45) is 0 Å². The molecule has 26 heavy (non-hydrogen) atoms. The predicted octanol–water partition coefficient (Wildman–Crippen LogP) is 1.80. The molecule has 0 aliphatic rings. The summed E-state index contributed by atoms with van der Waals surface area (Å²) in [5, 5.41) is 9.21. The molecule has 2 amide bonds. The van der Waals surface area contributed by atoms with Crippen LogP contribution in [0.25, 0.3) is 11.4 Å². The van der Waals surface area contributed by atoms with Crippen LogP contribution in [-0.4, -0.2) is 33.5 Å². The lowest BCUT2D eigenvalue weighted by Crippen LogP contribution is -2.31.